The number of rotatable bonds is 11. The topological polar surface area (TPSA) is 99.7 Å². The molecule has 2 aromatic carbocycles. The third kappa shape index (κ3) is 7.31. The van der Waals surface area contributed by atoms with Crippen LogP contribution in [0, 0.1) is 0 Å². The maximum absolute atomic E-state index is 14.2. The second-order valence-electron chi connectivity index (χ2n) is 11.1. The zero-order valence-corrected chi connectivity index (χ0v) is 23.8. The Morgan fingerprint density at radius 3 is 2.60 bits per heavy atom. The number of halogens is 2. The van der Waals surface area contributed by atoms with Gasteiger partial charge in [0.2, 0.25) is 5.91 Å². The maximum Gasteiger partial charge on any atom is 0.410 e. The van der Waals surface area contributed by atoms with E-state index in [1.54, 1.807) is 23.1 Å². The average Bonchev–Trinajstić information content (AvgIpc) is 3.00. The molecule has 0 bridgehead atoms. The SMILES string of the molecule is CN(C(=O)OCc1ccccc1)C1CCC(N2CC(NC(=O)CNc3ncnc4ccc(C(F)CCF)cc34)C2)CC1. The van der Waals surface area contributed by atoms with Gasteiger partial charge in [0, 0.05) is 44.0 Å². The highest BCUT2D eigenvalue weighted by Gasteiger charge is 2.36. The summed E-state index contributed by atoms with van der Waals surface area (Å²) in [7, 11) is 1.81. The monoisotopic (exact) mass is 580 g/mol. The van der Waals surface area contributed by atoms with E-state index in [1.165, 1.54) is 6.33 Å². The Bertz CT molecular complexity index is 1350. The summed E-state index contributed by atoms with van der Waals surface area (Å²) in [6.45, 7) is 1.14. The Hall–Kier alpha value is -3.86. The molecule has 9 nitrogen and oxygen atoms in total. The molecule has 224 valence electrons. The fraction of sp³-hybridized carbons (Fsp3) is 0.484. The molecular weight excluding hydrogens is 542 g/mol. The van der Waals surface area contributed by atoms with Gasteiger partial charge in [0.25, 0.3) is 0 Å². The largest absolute Gasteiger partial charge is 0.445 e. The summed E-state index contributed by atoms with van der Waals surface area (Å²) in [5.41, 5.74) is 1.95. The van der Waals surface area contributed by atoms with E-state index < -0.39 is 12.8 Å². The molecule has 5 rings (SSSR count). The van der Waals surface area contributed by atoms with Crippen molar-refractivity contribution in [1.82, 2.24) is 25.1 Å². The van der Waals surface area contributed by atoms with Crippen molar-refractivity contribution in [3.63, 3.8) is 0 Å². The highest BCUT2D eigenvalue weighted by atomic mass is 19.1. The molecule has 2 N–H and O–H groups in total. The van der Waals surface area contributed by atoms with Crippen molar-refractivity contribution in [1.29, 1.82) is 0 Å². The van der Waals surface area contributed by atoms with E-state index in [9.17, 15) is 18.4 Å². The zero-order chi connectivity index (χ0) is 29.5. The van der Waals surface area contributed by atoms with Gasteiger partial charge < -0.3 is 20.3 Å². The molecule has 1 saturated heterocycles. The molecule has 42 heavy (non-hydrogen) atoms. The van der Waals surface area contributed by atoms with E-state index in [0.29, 0.717) is 28.3 Å². The molecule has 1 aliphatic heterocycles. The predicted octanol–water partition coefficient (Wildman–Crippen LogP) is 4.79. The van der Waals surface area contributed by atoms with Gasteiger partial charge in [-0.05, 0) is 48.9 Å². The number of anilines is 1. The number of hydrogen-bond acceptors (Lipinski definition) is 7. The summed E-state index contributed by atoms with van der Waals surface area (Å²) in [4.78, 5) is 37.7. The zero-order valence-electron chi connectivity index (χ0n) is 23.8. The lowest BCUT2D eigenvalue weighted by Crippen LogP contribution is -2.63. The number of carbonyl (C=O) groups excluding carboxylic acids is 2. The van der Waals surface area contributed by atoms with Crippen LogP contribution in [0.3, 0.4) is 0 Å². The molecular formula is C31H38F2N6O3. The van der Waals surface area contributed by atoms with Crippen molar-refractivity contribution in [2.24, 2.45) is 0 Å². The summed E-state index contributed by atoms with van der Waals surface area (Å²) >= 11 is 0. The minimum Gasteiger partial charge on any atom is -0.445 e. The van der Waals surface area contributed by atoms with Crippen LogP contribution < -0.4 is 10.6 Å². The van der Waals surface area contributed by atoms with E-state index in [-0.39, 0.29) is 43.7 Å². The minimum absolute atomic E-state index is 0.0220. The van der Waals surface area contributed by atoms with E-state index in [4.69, 9.17) is 4.74 Å². The minimum atomic E-state index is -1.41. The number of fused-ring (bicyclic) bond motifs is 1. The molecule has 3 aromatic rings. The maximum atomic E-state index is 14.2. The van der Waals surface area contributed by atoms with Crippen LogP contribution >= 0.6 is 0 Å². The van der Waals surface area contributed by atoms with Crippen LogP contribution in [0.5, 0.6) is 0 Å². The van der Waals surface area contributed by atoms with Crippen molar-refractivity contribution < 1.29 is 23.1 Å². The highest BCUT2D eigenvalue weighted by Crippen LogP contribution is 2.30. The van der Waals surface area contributed by atoms with E-state index in [0.717, 1.165) is 44.3 Å². The lowest BCUT2D eigenvalue weighted by Gasteiger charge is -2.47. The van der Waals surface area contributed by atoms with Gasteiger partial charge in [-0.3, -0.25) is 14.1 Å². The van der Waals surface area contributed by atoms with Gasteiger partial charge in [-0.25, -0.2) is 19.2 Å². The summed E-state index contributed by atoms with van der Waals surface area (Å²) in [6.07, 6.45) is 3.32. The second kappa shape index (κ2) is 13.9. The molecule has 1 aromatic heterocycles. The number of ether oxygens (including phenoxy) is 1. The summed E-state index contributed by atoms with van der Waals surface area (Å²) in [5.74, 6) is 0.285. The normalized spacial score (nSPS) is 20.0. The first-order valence-corrected chi connectivity index (χ1v) is 14.6. The number of carbonyl (C=O) groups is 2. The number of aromatic nitrogens is 2. The van der Waals surface area contributed by atoms with Gasteiger partial charge in [-0.1, -0.05) is 36.4 Å². The third-order valence-corrected chi connectivity index (χ3v) is 8.30. The predicted molar refractivity (Wildman–Crippen MR) is 156 cm³/mol. The number of amides is 2. The van der Waals surface area contributed by atoms with Crippen LogP contribution in [0.25, 0.3) is 10.9 Å². The number of nitrogens with zero attached hydrogens (tertiary/aromatic N) is 4. The average molecular weight is 581 g/mol. The summed E-state index contributed by atoms with van der Waals surface area (Å²) in [6, 6.07) is 15.2. The molecule has 2 fully saturated rings. The molecule has 0 spiro atoms. The van der Waals surface area contributed by atoms with Crippen molar-refractivity contribution in [2.75, 3.05) is 38.7 Å². The summed E-state index contributed by atoms with van der Waals surface area (Å²) < 4.78 is 32.3. The molecule has 2 aliphatic rings. The Morgan fingerprint density at radius 1 is 1.10 bits per heavy atom. The Kier molecular flexibility index (Phi) is 9.78. The molecule has 1 unspecified atom stereocenters. The molecule has 1 atom stereocenters. The van der Waals surface area contributed by atoms with Crippen LogP contribution in [-0.4, -0.2) is 83.3 Å². The Balaban J connectivity index is 1.02. The van der Waals surface area contributed by atoms with E-state index in [1.807, 2.05) is 37.4 Å². The van der Waals surface area contributed by atoms with Crippen molar-refractivity contribution >= 4 is 28.7 Å². The molecule has 0 radical (unpaired) electrons. The first kappa shape index (κ1) is 29.6. The third-order valence-electron chi connectivity index (χ3n) is 8.30. The number of hydrogen-bond donors (Lipinski definition) is 2. The smallest absolute Gasteiger partial charge is 0.410 e. The van der Waals surface area contributed by atoms with Gasteiger partial charge >= 0.3 is 6.09 Å². The first-order valence-electron chi connectivity index (χ1n) is 14.6. The number of alkyl halides is 2. The first-order chi connectivity index (χ1) is 20.4. The van der Waals surface area contributed by atoms with Gasteiger partial charge in [-0.2, -0.15) is 0 Å². The Morgan fingerprint density at radius 2 is 1.86 bits per heavy atom. The van der Waals surface area contributed by atoms with E-state index >= 15 is 0 Å². The Labute approximate surface area is 244 Å². The lowest BCUT2D eigenvalue weighted by atomic mass is 9.87. The van der Waals surface area contributed by atoms with Crippen LogP contribution in [-0.2, 0) is 16.1 Å². The fourth-order valence-corrected chi connectivity index (χ4v) is 5.80. The molecule has 11 heteroatoms. The van der Waals surface area contributed by atoms with Crippen molar-refractivity contribution in [2.45, 2.75) is 63.0 Å². The van der Waals surface area contributed by atoms with Crippen LogP contribution in [0.1, 0.15) is 49.4 Å². The number of benzene rings is 2. The van der Waals surface area contributed by atoms with E-state index in [2.05, 4.69) is 25.5 Å². The standard InChI is InChI=1S/C31H38F2N6O3/c1-38(31(41)42-19-21-5-3-2-4-6-21)24-8-10-25(11-9-24)39-17-23(18-39)37-29(40)16-34-30-26-15-22(27(33)13-14-32)7-12-28(26)35-20-36-30/h2-7,12,15,20,23-25,27H,8-11,13-14,16-19H2,1H3,(H,37,40)(H,34,35,36). The van der Waals surface area contributed by atoms with Gasteiger partial charge in [0.15, 0.2) is 0 Å². The highest BCUT2D eigenvalue weighted by molar-refractivity contribution is 5.91. The van der Waals surface area contributed by atoms with Crippen LogP contribution in [0.15, 0.2) is 54.9 Å². The quantitative estimate of drug-likeness (QED) is 0.336. The summed E-state index contributed by atoms with van der Waals surface area (Å²) in [5, 5.41) is 6.69. The van der Waals surface area contributed by atoms with Crippen LogP contribution in [0.2, 0.25) is 0 Å². The van der Waals surface area contributed by atoms with Gasteiger partial charge in [-0.15, -0.1) is 0 Å². The number of likely N-dealkylation sites (tertiary alicyclic amines) is 1. The molecule has 1 saturated carbocycles. The molecule has 2 heterocycles. The second-order valence-corrected chi connectivity index (χ2v) is 11.1. The van der Waals surface area contributed by atoms with Crippen molar-refractivity contribution in [3.05, 3.63) is 66.0 Å². The van der Waals surface area contributed by atoms with Crippen molar-refractivity contribution in [3.8, 4) is 0 Å². The molecule has 2 amide bonds. The van der Waals surface area contributed by atoms with Gasteiger partial charge in [0.05, 0.1) is 24.8 Å². The fourth-order valence-electron chi connectivity index (χ4n) is 5.80. The van der Waals surface area contributed by atoms with Gasteiger partial charge in [0.1, 0.15) is 24.9 Å². The van der Waals surface area contributed by atoms with Crippen LogP contribution in [0.4, 0.5) is 19.4 Å². The molecule has 1 aliphatic carbocycles. The number of nitrogens with one attached hydrogen (secondary N) is 2. The lowest BCUT2D eigenvalue weighted by molar-refractivity contribution is -0.121.